The fraction of sp³-hybridized carbons (Fsp3) is 0.364. The summed E-state index contributed by atoms with van der Waals surface area (Å²) in [7, 11) is 0. The van der Waals surface area contributed by atoms with Gasteiger partial charge in [0, 0.05) is 23.3 Å². The van der Waals surface area contributed by atoms with E-state index < -0.39 is 0 Å². The zero-order chi connectivity index (χ0) is 20.4. The van der Waals surface area contributed by atoms with Gasteiger partial charge in [0.2, 0.25) is 0 Å². The van der Waals surface area contributed by atoms with E-state index in [9.17, 15) is 9.90 Å². The Morgan fingerprint density at radius 1 is 1.28 bits per heavy atom. The summed E-state index contributed by atoms with van der Waals surface area (Å²) < 4.78 is 7.56. The lowest BCUT2D eigenvalue weighted by Crippen LogP contribution is -2.29. The van der Waals surface area contributed by atoms with Crippen LogP contribution in [0.1, 0.15) is 18.4 Å². The average Bonchev–Trinajstić information content (AvgIpc) is 2.72. The summed E-state index contributed by atoms with van der Waals surface area (Å²) in [6.45, 7) is 2.75. The van der Waals surface area contributed by atoms with Crippen molar-refractivity contribution < 1.29 is 9.84 Å². The van der Waals surface area contributed by atoms with Crippen LogP contribution in [0.4, 0.5) is 0 Å². The summed E-state index contributed by atoms with van der Waals surface area (Å²) in [5.74, 6) is 0.922. The van der Waals surface area contributed by atoms with Crippen molar-refractivity contribution in [2.45, 2.75) is 31.0 Å². The van der Waals surface area contributed by atoms with Crippen LogP contribution in [0.25, 0.3) is 16.6 Å². The first-order chi connectivity index (χ1) is 14.0. The monoisotopic (exact) mass is 430 g/mol. The Bertz CT molecular complexity index is 1080. The number of thioether (sulfide) groups is 1. The third kappa shape index (κ3) is 4.51. The van der Waals surface area contributed by atoms with Crippen LogP contribution in [0.2, 0.25) is 5.02 Å². The lowest BCUT2D eigenvalue weighted by atomic mass is 10.0. The van der Waals surface area contributed by atoms with E-state index in [2.05, 4.69) is 0 Å². The molecule has 152 valence electrons. The molecule has 1 N–H and O–H groups in total. The molecule has 5 nitrogen and oxygen atoms in total. The number of hydrogen-bond donors (Lipinski definition) is 1. The number of hydrogen-bond acceptors (Lipinski definition) is 5. The van der Waals surface area contributed by atoms with Crippen molar-refractivity contribution in [1.82, 2.24) is 9.55 Å². The first-order valence-corrected chi connectivity index (χ1v) is 11.1. The minimum atomic E-state index is -0.107. The summed E-state index contributed by atoms with van der Waals surface area (Å²) in [5, 5.41) is 11.0. The van der Waals surface area contributed by atoms with Crippen molar-refractivity contribution in [3.63, 3.8) is 0 Å². The first-order valence-electron chi connectivity index (χ1n) is 9.70. The topological polar surface area (TPSA) is 64.3 Å². The molecule has 0 aliphatic carbocycles. The van der Waals surface area contributed by atoms with E-state index in [0.29, 0.717) is 33.4 Å². The number of rotatable bonds is 5. The second-order valence-electron chi connectivity index (χ2n) is 7.43. The molecule has 1 saturated heterocycles. The Labute approximate surface area is 178 Å². The van der Waals surface area contributed by atoms with Crippen molar-refractivity contribution in [3.05, 3.63) is 63.4 Å². The molecule has 3 aromatic rings. The molecule has 2 atom stereocenters. The Balaban J connectivity index is 1.71. The van der Waals surface area contributed by atoms with Gasteiger partial charge in [0.25, 0.3) is 5.56 Å². The maximum absolute atomic E-state index is 13.3. The summed E-state index contributed by atoms with van der Waals surface area (Å²) in [4.78, 5) is 18.1. The van der Waals surface area contributed by atoms with Crippen molar-refractivity contribution in [3.8, 4) is 5.69 Å². The summed E-state index contributed by atoms with van der Waals surface area (Å²) >= 11 is 7.65. The highest BCUT2D eigenvalue weighted by Gasteiger charge is 2.22. The predicted molar refractivity (Wildman–Crippen MR) is 117 cm³/mol. The van der Waals surface area contributed by atoms with Crippen LogP contribution in [-0.2, 0) is 4.74 Å². The highest BCUT2D eigenvalue weighted by Crippen LogP contribution is 2.27. The van der Waals surface area contributed by atoms with E-state index in [-0.39, 0.29) is 24.2 Å². The van der Waals surface area contributed by atoms with Gasteiger partial charge in [-0.15, -0.1) is 0 Å². The minimum absolute atomic E-state index is 0.0840. The smallest absolute Gasteiger partial charge is 0.266 e. The molecule has 2 unspecified atom stereocenters. The van der Waals surface area contributed by atoms with Gasteiger partial charge in [0.05, 0.1) is 29.3 Å². The van der Waals surface area contributed by atoms with Gasteiger partial charge in [-0.2, -0.15) is 0 Å². The van der Waals surface area contributed by atoms with Crippen LogP contribution in [-0.4, -0.2) is 39.7 Å². The van der Waals surface area contributed by atoms with Gasteiger partial charge in [-0.05, 0) is 55.7 Å². The zero-order valence-electron chi connectivity index (χ0n) is 16.2. The van der Waals surface area contributed by atoms with Crippen LogP contribution in [0.3, 0.4) is 0 Å². The van der Waals surface area contributed by atoms with Gasteiger partial charge in [0.15, 0.2) is 5.16 Å². The number of aromatic nitrogens is 2. The highest BCUT2D eigenvalue weighted by molar-refractivity contribution is 7.99. The maximum Gasteiger partial charge on any atom is 0.266 e. The molecule has 1 aliphatic rings. The summed E-state index contributed by atoms with van der Waals surface area (Å²) in [6.07, 6.45) is 1.93. The number of nitrogens with zero attached hydrogens (tertiary/aromatic N) is 2. The molecule has 29 heavy (non-hydrogen) atoms. The molecule has 7 heteroatoms. The lowest BCUT2D eigenvalue weighted by molar-refractivity contribution is -0.0179. The molecule has 0 radical (unpaired) electrons. The second kappa shape index (κ2) is 8.88. The second-order valence-corrected chi connectivity index (χ2v) is 8.85. The van der Waals surface area contributed by atoms with Gasteiger partial charge in [-0.25, -0.2) is 4.98 Å². The van der Waals surface area contributed by atoms with Crippen LogP contribution in [0.5, 0.6) is 0 Å². The number of aliphatic hydroxyl groups is 1. The zero-order valence-corrected chi connectivity index (χ0v) is 17.7. The number of benzene rings is 2. The molecule has 0 bridgehead atoms. The number of fused-ring (bicyclic) bond motifs is 1. The largest absolute Gasteiger partial charge is 0.396 e. The van der Waals surface area contributed by atoms with E-state index in [1.807, 2.05) is 31.2 Å². The summed E-state index contributed by atoms with van der Waals surface area (Å²) in [6, 6.07) is 13.0. The van der Waals surface area contributed by atoms with Gasteiger partial charge >= 0.3 is 0 Å². The van der Waals surface area contributed by atoms with Crippen LogP contribution in [0.15, 0.2) is 52.4 Å². The molecule has 1 aliphatic heterocycles. The van der Waals surface area contributed by atoms with E-state index in [1.54, 1.807) is 22.8 Å². The molecule has 4 rings (SSSR count). The first kappa shape index (κ1) is 20.4. The molecule has 0 spiro atoms. The van der Waals surface area contributed by atoms with E-state index in [1.165, 1.54) is 11.8 Å². The third-order valence-electron chi connectivity index (χ3n) is 5.18. The Morgan fingerprint density at radius 3 is 2.86 bits per heavy atom. The Hall–Kier alpha value is -1.86. The minimum Gasteiger partial charge on any atom is -0.396 e. The van der Waals surface area contributed by atoms with E-state index >= 15 is 0 Å². The molecular formula is C22H23ClN2O3S. The lowest BCUT2D eigenvalue weighted by Gasteiger charge is -2.27. The van der Waals surface area contributed by atoms with Crippen LogP contribution < -0.4 is 5.56 Å². The molecule has 1 fully saturated rings. The fourth-order valence-electron chi connectivity index (χ4n) is 3.53. The number of halogens is 1. The number of ether oxygens (including phenoxy) is 1. The Morgan fingerprint density at radius 2 is 2.14 bits per heavy atom. The van der Waals surface area contributed by atoms with E-state index in [4.69, 9.17) is 21.3 Å². The predicted octanol–water partition coefficient (Wildman–Crippen LogP) is 4.23. The third-order valence-corrected chi connectivity index (χ3v) is 6.49. The summed E-state index contributed by atoms with van der Waals surface area (Å²) in [5.41, 5.74) is 2.36. The van der Waals surface area contributed by atoms with Crippen molar-refractivity contribution in [2.24, 2.45) is 5.92 Å². The van der Waals surface area contributed by atoms with Gasteiger partial charge in [-0.3, -0.25) is 9.36 Å². The number of aryl methyl sites for hydroxylation is 1. The van der Waals surface area contributed by atoms with E-state index in [0.717, 1.165) is 24.1 Å². The van der Waals surface area contributed by atoms with Gasteiger partial charge in [-0.1, -0.05) is 35.5 Å². The highest BCUT2D eigenvalue weighted by atomic mass is 35.5. The number of aliphatic hydroxyl groups excluding tert-OH is 1. The van der Waals surface area contributed by atoms with Crippen molar-refractivity contribution >= 4 is 34.3 Å². The van der Waals surface area contributed by atoms with Crippen molar-refractivity contribution in [1.29, 1.82) is 0 Å². The molecule has 0 saturated carbocycles. The average molecular weight is 431 g/mol. The fourth-order valence-corrected chi connectivity index (χ4v) is 4.78. The van der Waals surface area contributed by atoms with Crippen LogP contribution in [0, 0.1) is 12.8 Å². The Kier molecular flexibility index (Phi) is 6.25. The maximum atomic E-state index is 13.3. The molecular weight excluding hydrogens is 408 g/mol. The normalized spacial score (nSPS) is 19.6. The molecule has 2 heterocycles. The SMILES string of the molecule is Cc1cccc(-n2c(SCC3CCC(CO)CO3)nc3cc(Cl)ccc3c2=O)c1. The molecule has 0 amide bonds. The standard InChI is InChI=1S/C22H23ClN2O3S/c1-14-3-2-4-17(9-14)25-21(27)19-8-6-16(23)10-20(19)24-22(25)29-13-18-7-5-15(11-26)12-28-18/h2-4,6,8-10,15,18,26H,5,7,11-13H2,1H3. The van der Waals surface area contributed by atoms with Gasteiger partial charge in [0.1, 0.15) is 0 Å². The van der Waals surface area contributed by atoms with Crippen molar-refractivity contribution in [2.75, 3.05) is 19.0 Å². The molecule has 1 aromatic heterocycles. The van der Waals surface area contributed by atoms with Gasteiger partial charge < -0.3 is 9.84 Å². The molecule has 2 aromatic carbocycles. The van der Waals surface area contributed by atoms with Crippen LogP contribution >= 0.6 is 23.4 Å². The quantitative estimate of drug-likeness (QED) is 0.484.